The van der Waals surface area contributed by atoms with E-state index in [4.69, 9.17) is 4.74 Å². The van der Waals surface area contributed by atoms with Gasteiger partial charge < -0.3 is 15.0 Å². The fourth-order valence-electron chi connectivity index (χ4n) is 2.94. The van der Waals surface area contributed by atoms with Crippen molar-refractivity contribution in [2.24, 2.45) is 5.92 Å². The Labute approximate surface area is 166 Å². The Morgan fingerprint density at radius 3 is 2.25 bits per heavy atom. The number of hydrogen-bond acceptors (Lipinski definition) is 4. The summed E-state index contributed by atoms with van der Waals surface area (Å²) >= 11 is 0. The summed E-state index contributed by atoms with van der Waals surface area (Å²) in [6, 6.07) is 7.02. The van der Waals surface area contributed by atoms with Crippen LogP contribution in [-0.2, 0) is 14.3 Å². The van der Waals surface area contributed by atoms with E-state index in [0.717, 1.165) is 0 Å². The Balaban J connectivity index is 1.90. The zero-order valence-electron chi connectivity index (χ0n) is 17.0. The van der Waals surface area contributed by atoms with E-state index in [2.05, 4.69) is 11.9 Å². The monoisotopic (exact) mass is 387 g/mol. The summed E-state index contributed by atoms with van der Waals surface area (Å²) in [5.41, 5.74) is 0.768. The molecule has 28 heavy (non-hydrogen) atoms. The summed E-state index contributed by atoms with van der Waals surface area (Å²) in [5.74, 6) is -0.277. The Morgan fingerprint density at radius 2 is 1.75 bits per heavy atom. The van der Waals surface area contributed by atoms with Gasteiger partial charge >= 0.3 is 6.09 Å². The molecular formula is C21H29N3O4. The highest BCUT2D eigenvalue weighted by Gasteiger charge is 2.26. The minimum atomic E-state index is -0.564. The van der Waals surface area contributed by atoms with E-state index in [-0.39, 0.29) is 17.7 Å². The number of anilines is 2. The molecule has 0 radical (unpaired) electrons. The SMILES string of the molecule is C=CC(=O)N1CCC(C(=O)Nc2ccc(N(C)C(=O)OC(C)(C)C)cc2)CC1. The topological polar surface area (TPSA) is 79.0 Å². The summed E-state index contributed by atoms with van der Waals surface area (Å²) in [5, 5.41) is 2.91. The fourth-order valence-corrected chi connectivity index (χ4v) is 2.94. The van der Waals surface area contributed by atoms with Crippen LogP contribution < -0.4 is 10.2 Å². The number of nitrogens with zero attached hydrogens (tertiary/aromatic N) is 2. The summed E-state index contributed by atoms with van der Waals surface area (Å²) in [4.78, 5) is 39.3. The van der Waals surface area contributed by atoms with Crippen LogP contribution in [0.25, 0.3) is 0 Å². The van der Waals surface area contributed by atoms with Crippen LogP contribution in [0.4, 0.5) is 16.2 Å². The average molecular weight is 387 g/mol. The van der Waals surface area contributed by atoms with E-state index in [0.29, 0.717) is 37.3 Å². The minimum Gasteiger partial charge on any atom is -0.443 e. The molecule has 2 rings (SSSR count). The van der Waals surface area contributed by atoms with Gasteiger partial charge in [-0.15, -0.1) is 0 Å². The zero-order valence-corrected chi connectivity index (χ0v) is 17.0. The molecule has 1 fully saturated rings. The number of nitrogens with one attached hydrogen (secondary N) is 1. The summed E-state index contributed by atoms with van der Waals surface area (Å²) in [7, 11) is 1.64. The van der Waals surface area contributed by atoms with Crippen molar-refractivity contribution in [2.45, 2.75) is 39.2 Å². The minimum absolute atomic E-state index is 0.0565. The predicted octanol–water partition coefficient (Wildman–Crippen LogP) is 3.42. The third-order valence-electron chi connectivity index (χ3n) is 4.54. The van der Waals surface area contributed by atoms with Crippen LogP contribution in [0.2, 0.25) is 0 Å². The number of carbonyl (C=O) groups excluding carboxylic acids is 3. The lowest BCUT2D eigenvalue weighted by Crippen LogP contribution is -2.40. The molecule has 0 unspecified atom stereocenters. The number of carbonyl (C=O) groups is 3. The van der Waals surface area contributed by atoms with Crippen LogP contribution in [0.1, 0.15) is 33.6 Å². The highest BCUT2D eigenvalue weighted by molar-refractivity contribution is 5.94. The number of amides is 3. The zero-order chi connectivity index (χ0) is 20.9. The first-order chi connectivity index (χ1) is 13.1. The van der Waals surface area contributed by atoms with E-state index in [1.54, 1.807) is 36.2 Å². The second-order valence-electron chi connectivity index (χ2n) is 7.88. The van der Waals surface area contributed by atoms with Crippen molar-refractivity contribution in [1.29, 1.82) is 0 Å². The molecule has 1 N–H and O–H groups in total. The first-order valence-corrected chi connectivity index (χ1v) is 9.39. The Hall–Kier alpha value is -2.83. The van der Waals surface area contributed by atoms with Gasteiger partial charge in [0.15, 0.2) is 0 Å². The molecule has 1 aromatic carbocycles. The van der Waals surface area contributed by atoms with Crippen LogP contribution in [0.3, 0.4) is 0 Å². The molecule has 1 saturated heterocycles. The maximum Gasteiger partial charge on any atom is 0.414 e. The van der Waals surface area contributed by atoms with Gasteiger partial charge in [-0.1, -0.05) is 6.58 Å². The molecule has 0 spiro atoms. The lowest BCUT2D eigenvalue weighted by Gasteiger charge is -2.30. The van der Waals surface area contributed by atoms with Gasteiger partial charge in [-0.3, -0.25) is 14.5 Å². The van der Waals surface area contributed by atoms with Gasteiger partial charge in [0, 0.05) is 37.4 Å². The average Bonchev–Trinajstić information content (AvgIpc) is 2.66. The second-order valence-corrected chi connectivity index (χ2v) is 7.88. The number of likely N-dealkylation sites (tertiary alicyclic amines) is 1. The van der Waals surface area contributed by atoms with Crippen LogP contribution in [0.15, 0.2) is 36.9 Å². The van der Waals surface area contributed by atoms with Crippen molar-refractivity contribution in [3.63, 3.8) is 0 Å². The molecule has 152 valence electrons. The molecule has 1 aliphatic rings. The summed E-state index contributed by atoms with van der Waals surface area (Å²) in [6.07, 6.45) is 2.12. The molecule has 7 nitrogen and oxygen atoms in total. The highest BCUT2D eigenvalue weighted by atomic mass is 16.6. The molecule has 0 bridgehead atoms. The highest BCUT2D eigenvalue weighted by Crippen LogP contribution is 2.22. The molecular weight excluding hydrogens is 358 g/mol. The van der Waals surface area contributed by atoms with E-state index < -0.39 is 11.7 Å². The summed E-state index contributed by atoms with van der Waals surface area (Å²) < 4.78 is 5.34. The van der Waals surface area contributed by atoms with Crippen LogP contribution in [0, 0.1) is 5.92 Å². The van der Waals surface area contributed by atoms with Crippen molar-refractivity contribution in [3.8, 4) is 0 Å². The predicted molar refractivity (Wildman–Crippen MR) is 109 cm³/mol. The number of piperidine rings is 1. The first kappa shape index (κ1) is 21.5. The third-order valence-corrected chi connectivity index (χ3v) is 4.54. The number of ether oxygens (including phenoxy) is 1. The van der Waals surface area contributed by atoms with Crippen molar-refractivity contribution in [2.75, 3.05) is 30.4 Å². The van der Waals surface area contributed by atoms with Crippen LogP contribution in [-0.4, -0.2) is 48.5 Å². The van der Waals surface area contributed by atoms with Crippen LogP contribution >= 0.6 is 0 Å². The van der Waals surface area contributed by atoms with E-state index in [1.165, 1.54) is 11.0 Å². The van der Waals surface area contributed by atoms with Gasteiger partial charge in [-0.25, -0.2) is 4.79 Å². The second kappa shape index (κ2) is 8.91. The molecule has 0 saturated carbocycles. The maximum absolute atomic E-state index is 12.5. The van der Waals surface area contributed by atoms with Gasteiger partial charge in [0.1, 0.15) is 5.60 Å². The molecule has 1 aromatic rings. The fraction of sp³-hybridized carbons (Fsp3) is 0.476. The van der Waals surface area contributed by atoms with E-state index >= 15 is 0 Å². The molecule has 0 aliphatic carbocycles. The van der Waals surface area contributed by atoms with Gasteiger partial charge in [-0.2, -0.15) is 0 Å². The first-order valence-electron chi connectivity index (χ1n) is 9.39. The molecule has 1 heterocycles. The van der Waals surface area contributed by atoms with E-state index in [9.17, 15) is 14.4 Å². The molecule has 0 atom stereocenters. The Bertz CT molecular complexity index is 729. The molecule has 1 aliphatic heterocycles. The lowest BCUT2D eigenvalue weighted by atomic mass is 9.95. The van der Waals surface area contributed by atoms with E-state index in [1.807, 2.05) is 20.8 Å². The molecule has 0 aromatic heterocycles. The lowest BCUT2D eigenvalue weighted by molar-refractivity contribution is -0.130. The van der Waals surface area contributed by atoms with Crippen LogP contribution in [0.5, 0.6) is 0 Å². The third kappa shape index (κ3) is 5.84. The standard InChI is InChI=1S/C21H29N3O4/c1-6-18(25)24-13-11-15(12-14-24)19(26)22-16-7-9-17(10-8-16)23(5)20(27)28-21(2,3)4/h6-10,15H,1,11-14H2,2-5H3,(H,22,26). The van der Waals surface area contributed by atoms with Crippen molar-refractivity contribution in [1.82, 2.24) is 4.90 Å². The number of benzene rings is 1. The summed E-state index contributed by atoms with van der Waals surface area (Å²) in [6.45, 7) is 10.1. The van der Waals surface area contributed by atoms with Crippen molar-refractivity contribution >= 4 is 29.3 Å². The smallest absolute Gasteiger partial charge is 0.414 e. The van der Waals surface area contributed by atoms with Crippen molar-refractivity contribution in [3.05, 3.63) is 36.9 Å². The Kier molecular flexibility index (Phi) is 6.83. The van der Waals surface area contributed by atoms with Gasteiger partial charge in [-0.05, 0) is 64.0 Å². The Morgan fingerprint density at radius 1 is 1.18 bits per heavy atom. The van der Waals surface area contributed by atoms with Gasteiger partial charge in [0.2, 0.25) is 11.8 Å². The van der Waals surface area contributed by atoms with Gasteiger partial charge in [0.25, 0.3) is 0 Å². The van der Waals surface area contributed by atoms with Crippen molar-refractivity contribution < 1.29 is 19.1 Å². The molecule has 3 amide bonds. The number of hydrogen-bond donors (Lipinski definition) is 1. The normalized spacial score (nSPS) is 14.9. The van der Waals surface area contributed by atoms with Gasteiger partial charge in [0.05, 0.1) is 0 Å². The maximum atomic E-state index is 12.5. The molecule has 7 heteroatoms. The number of rotatable bonds is 4. The largest absolute Gasteiger partial charge is 0.443 e. The quantitative estimate of drug-likeness (QED) is 0.803.